The van der Waals surface area contributed by atoms with Crippen molar-refractivity contribution in [3.63, 3.8) is 0 Å². The van der Waals surface area contributed by atoms with Gasteiger partial charge in [0.1, 0.15) is 19.7 Å². The van der Waals surface area contributed by atoms with Gasteiger partial charge in [-0.15, -0.1) is 0 Å². The summed E-state index contributed by atoms with van der Waals surface area (Å²) in [5.74, 6) is -1.12. The van der Waals surface area contributed by atoms with Crippen molar-refractivity contribution >= 4 is 47.6 Å². The first-order chi connectivity index (χ1) is 10.1. The predicted octanol–water partition coefficient (Wildman–Crippen LogP) is -1.96. The number of nitrogens with one attached hydrogen (secondary N) is 2. The molecule has 5 N–H and O–H groups in total. The molecule has 0 aromatic heterocycles. The van der Waals surface area contributed by atoms with Gasteiger partial charge in [-0.25, -0.2) is 27.0 Å². The zero-order valence-electron chi connectivity index (χ0n) is 12.9. The van der Waals surface area contributed by atoms with Crippen molar-refractivity contribution in [3.05, 3.63) is 0 Å². The third kappa shape index (κ3) is 10.1. The molecule has 0 aliphatic carbocycles. The monoisotopic (exact) mass is 380 g/mol. The van der Waals surface area contributed by atoms with E-state index in [1.54, 1.807) is 5.09 Å². The van der Waals surface area contributed by atoms with E-state index in [4.69, 9.17) is 14.6 Å². The van der Waals surface area contributed by atoms with Gasteiger partial charge >= 0.3 is 7.67 Å². The van der Waals surface area contributed by atoms with Crippen LogP contribution in [-0.2, 0) is 44.5 Å². The summed E-state index contributed by atoms with van der Waals surface area (Å²) >= 11 is 0. The van der Waals surface area contributed by atoms with Crippen LogP contribution in [0.5, 0.6) is 0 Å². The Morgan fingerprint density at radius 1 is 1.05 bits per heavy atom. The maximum atomic E-state index is 11.7. The van der Waals surface area contributed by atoms with Crippen LogP contribution in [0.3, 0.4) is 0 Å². The highest BCUT2D eigenvalue weighted by Crippen LogP contribution is 2.28. The Bertz CT molecular complexity index is 588. The van der Waals surface area contributed by atoms with Crippen LogP contribution in [0.2, 0.25) is 0 Å². The minimum absolute atomic E-state index is 1.12. The van der Waals surface area contributed by atoms with Crippen molar-refractivity contribution in [1.82, 2.24) is 10.2 Å². The van der Waals surface area contributed by atoms with E-state index < -0.39 is 72.1 Å². The van der Waals surface area contributed by atoms with E-state index in [1.165, 1.54) is 5.09 Å². The number of rotatable bonds is 10. The molecule has 10 nitrogen and oxygen atoms in total. The summed E-state index contributed by atoms with van der Waals surface area (Å²) in [4.78, 5) is 9.44. The SMILES string of the molecule is [2H]C([2H])(CS(=O)S(=O)O)NP(=O)(O)NCC([2H])([2H])S(=O)S(=O)O. The van der Waals surface area contributed by atoms with Gasteiger partial charge in [0.15, 0.2) is 0 Å². The van der Waals surface area contributed by atoms with Crippen molar-refractivity contribution in [2.45, 2.75) is 0 Å². The van der Waals surface area contributed by atoms with Gasteiger partial charge in [-0.3, -0.25) is 13.7 Å². The van der Waals surface area contributed by atoms with Crippen LogP contribution < -0.4 is 10.2 Å². The Morgan fingerprint density at radius 2 is 1.58 bits per heavy atom. The molecule has 0 radical (unpaired) electrons. The Hall–Kier alpha value is 0.630. The Kier molecular flexibility index (Phi) is 6.68. The molecule has 0 amide bonds. The lowest BCUT2D eigenvalue weighted by Gasteiger charge is -2.13. The molecule has 0 aliphatic heterocycles. The van der Waals surface area contributed by atoms with Crippen LogP contribution in [0.4, 0.5) is 0 Å². The molecular weight excluding hydrogens is 363 g/mol. The average Bonchev–Trinajstić information content (AvgIpc) is 2.33. The normalized spacial score (nSPS) is 25.8. The van der Waals surface area contributed by atoms with Gasteiger partial charge in [0.25, 0.3) is 0 Å². The molecule has 15 heteroatoms. The zero-order chi connectivity index (χ0) is 18.6. The van der Waals surface area contributed by atoms with Crippen LogP contribution in [0.25, 0.3) is 0 Å². The van der Waals surface area contributed by atoms with Gasteiger partial charge < -0.3 is 4.89 Å². The zero-order valence-corrected chi connectivity index (χ0v) is 13.0. The second-order valence-electron chi connectivity index (χ2n) is 2.46. The topological polar surface area (TPSA) is 170 Å². The van der Waals surface area contributed by atoms with Crippen LogP contribution in [-0.4, -0.2) is 55.3 Å². The first-order valence-electron chi connectivity index (χ1n) is 6.00. The van der Waals surface area contributed by atoms with E-state index in [0.29, 0.717) is 0 Å². The molecule has 0 aromatic carbocycles. The van der Waals surface area contributed by atoms with Crippen molar-refractivity contribution in [1.29, 1.82) is 0 Å². The fourth-order valence-corrected chi connectivity index (χ4v) is 2.96. The van der Waals surface area contributed by atoms with Crippen molar-refractivity contribution in [3.8, 4) is 0 Å². The van der Waals surface area contributed by atoms with Crippen LogP contribution in [0, 0.1) is 0 Å². The summed E-state index contributed by atoms with van der Waals surface area (Å²) in [6.45, 7) is -4.00. The third-order valence-corrected chi connectivity index (χ3v) is 6.02. The molecule has 116 valence electrons. The predicted molar refractivity (Wildman–Crippen MR) is 73.4 cm³/mol. The Labute approximate surface area is 123 Å². The highest BCUT2D eigenvalue weighted by atomic mass is 33.2. The third-order valence-electron chi connectivity index (χ3n) is 1.19. The molecule has 0 spiro atoms. The van der Waals surface area contributed by atoms with Gasteiger partial charge in [-0.2, -0.15) is 0 Å². The van der Waals surface area contributed by atoms with Crippen molar-refractivity contribution < 1.29 is 40.9 Å². The van der Waals surface area contributed by atoms with Gasteiger partial charge in [-0.1, -0.05) is 0 Å². The van der Waals surface area contributed by atoms with Gasteiger partial charge in [-0.05, 0) is 0 Å². The van der Waals surface area contributed by atoms with Crippen LogP contribution in [0.1, 0.15) is 5.48 Å². The molecule has 0 aromatic rings. The molecule has 0 saturated carbocycles. The van der Waals surface area contributed by atoms with E-state index in [-0.39, 0.29) is 0 Å². The largest absolute Gasteiger partial charge is 0.338 e. The molecule has 5 unspecified atom stereocenters. The molecule has 5 atom stereocenters. The number of hydrogen-bond acceptors (Lipinski definition) is 5. The smallest absolute Gasteiger partial charge is 0.322 e. The quantitative estimate of drug-likeness (QED) is 0.163. The fourth-order valence-electron chi connectivity index (χ4n) is 0.537. The minimum Gasteiger partial charge on any atom is -0.322 e. The Morgan fingerprint density at radius 3 is 2.05 bits per heavy atom. The van der Waals surface area contributed by atoms with Crippen LogP contribution >= 0.6 is 7.67 Å². The molecule has 19 heavy (non-hydrogen) atoms. The first-order valence-corrected chi connectivity index (χ1v) is 11.4. The lowest BCUT2D eigenvalue weighted by molar-refractivity contribution is 0.451. The molecular formula is C4H13N2O8PS4. The summed E-state index contributed by atoms with van der Waals surface area (Å²) in [7, 11) is -16.2. The first kappa shape index (κ1) is 13.3. The van der Waals surface area contributed by atoms with E-state index in [0.717, 1.165) is 0 Å². The standard InChI is InChI=1S/C4H13N2O8PS4/c7-15(8,5-1-3-16(9)18(11)12)6-2-4-17(10)19(13)14/h1-4H2,(H,11,12)(H,13,14)(H3,5,6,7,8)/i1D2,4D2. The van der Waals surface area contributed by atoms with Crippen molar-refractivity contribution in [2.24, 2.45) is 0 Å². The minimum atomic E-state index is -4.81. The van der Waals surface area contributed by atoms with Crippen molar-refractivity contribution in [2.75, 3.05) is 24.5 Å². The molecule has 0 aliphatic rings. The lowest BCUT2D eigenvalue weighted by Crippen LogP contribution is -2.28. The summed E-state index contributed by atoms with van der Waals surface area (Å²) in [6.07, 6.45) is 0. The molecule has 0 fully saturated rings. The maximum Gasteiger partial charge on any atom is 0.338 e. The summed E-state index contributed by atoms with van der Waals surface area (Å²) in [5.41, 5.74) is -2.89. The van der Waals surface area contributed by atoms with E-state index in [2.05, 4.69) is 0 Å². The molecule has 0 saturated heterocycles. The second kappa shape index (κ2) is 9.55. The lowest BCUT2D eigenvalue weighted by atomic mass is 10.8. The Balaban J connectivity index is 4.86. The molecule has 0 bridgehead atoms. The van der Waals surface area contributed by atoms with E-state index in [9.17, 15) is 26.3 Å². The highest BCUT2D eigenvalue weighted by molar-refractivity contribution is 8.59. The fraction of sp³-hybridized carbons (Fsp3) is 1.00. The van der Waals surface area contributed by atoms with Gasteiger partial charge in [0.2, 0.25) is 20.2 Å². The number of hydrogen-bond donors (Lipinski definition) is 5. The summed E-state index contributed by atoms with van der Waals surface area (Å²) < 4.78 is 101. The molecule has 0 rings (SSSR count). The maximum absolute atomic E-state index is 11.7. The second-order valence-corrected chi connectivity index (χ2v) is 10.4. The van der Waals surface area contributed by atoms with Gasteiger partial charge in [0.05, 0.1) is 11.5 Å². The summed E-state index contributed by atoms with van der Waals surface area (Å²) in [5, 5.41) is 3.05. The highest BCUT2D eigenvalue weighted by Gasteiger charge is 2.18. The van der Waals surface area contributed by atoms with Crippen LogP contribution in [0.15, 0.2) is 0 Å². The average molecular weight is 380 g/mol. The summed E-state index contributed by atoms with van der Waals surface area (Å²) in [6, 6.07) is 0. The van der Waals surface area contributed by atoms with E-state index >= 15 is 0 Å². The van der Waals surface area contributed by atoms with E-state index in [1.807, 2.05) is 0 Å². The van der Waals surface area contributed by atoms with Gasteiger partial charge in [0, 0.05) is 18.5 Å². The molecule has 0 heterocycles.